The predicted octanol–water partition coefficient (Wildman–Crippen LogP) is 1.37. The van der Waals surface area contributed by atoms with Gasteiger partial charge in [0.15, 0.2) is 15.5 Å². The summed E-state index contributed by atoms with van der Waals surface area (Å²) in [6.45, 7) is 3.38. The number of piperidine rings is 1. The number of rotatable bonds is 2. The Morgan fingerprint density at radius 1 is 1.27 bits per heavy atom. The Morgan fingerprint density at radius 3 is 2.80 bits per heavy atom. The molecule has 1 N–H and O–H groups in total. The molecule has 1 aromatic carbocycles. The van der Waals surface area contributed by atoms with Crippen molar-refractivity contribution in [2.75, 3.05) is 39.4 Å². The molecule has 4 heterocycles. The summed E-state index contributed by atoms with van der Waals surface area (Å²) in [4.78, 5) is 14.9. The van der Waals surface area contributed by atoms with Crippen LogP contribution < -0.4 is 5.32 Å². The highest BCUT2D eigenvalue weighted by molar-refractivity contribution is 7.90. The normalized spacial score (nSPS) is 23.0. The summed E-state index contributed by atoms with van der Waals surface area (Å²) in [5.41, 5.74) is 1.62. The van der Waals surface area contributed by atoms with Gasteiger partial charge in [0.1, 0.15) is 5.82 Å². The van der Waals surface area contributed by atoms with Gasteiger partial charge in [0, 0.05) is 30.8 Å². The van der Waals surface area contributed by atoms with Crippen LogP contribution in [0, 0.1) is 5.82 Å². The van der Waals surface area contributed by atoms with Crippen LogP contribution in [0.15, 0.2) is 23.1 Å². The fourth-order valence-electron chi connectivity index (χ4n) is 4.50. The third kappa shape index (κ3) is 3.23. The lowest BCUT2D eigenvalue weighted by Crippen LogP contribution is -2.41. The molecule has 2 aromatic rings. The highest BCUT2D eigenvalue weighted by Gasteiger charge is 2.38. The Bertz CT molecular complexity index is 1100. The minimum Gasteiger partial charge on any atom is -0.378 e. The largest absolute Gasteiger partial charge is 0.378 e. The zero-order valence-electron chi connectivity index (χ0n) is 16.4. The maximum absolute atomic E-state index is 13.9. The van der Waals surface area contributed by atoms with E-state index in [1.807, 2.05) is 0 Å². The van der Waals surface area contributed by atoms with E-state index in [1.165, 1.54) is 12.1 Å². The lowest BCUT2D eigenvalue weighted by Gasteiger charge is -2.27. The molecule has 8 nitrogen and oxygen atoms in total. The first-order valence-corrected chi connectivity index (χ1v) is 11.8. The highest BCUT2D eigenvalue weighted by atomic mass is 32.2. The van der Waals surface area contributed by atoms with Gasteiger partial charge < -0.3 is 15.0 Å². The third-order valence-electron chi connectivity index (χ3n) is 5.99. The average molecular weight is 434 g/mol. The Morgan fingerprint density at radius 2 is 2.07 bits per heavy atom. The van der Waals surface area contributed by atoms with Crippen molar-refractivity contribution in [3.8, 4) is 11.3 Å². The Labute approximate surface area is 173 Å². The maximum atomic E-state index is 13.9. The van der Waals surface area contributed by atoms with Gasteiger partial charge in [-0.25, -0.2) is 12.8 Å². The molecule has 1 amide bonds. The van der Waals surface area contributed by atoms with E-state index in [2.05, 4.69) is 10.4 Å². The van der Waals surface area contributed by atoms with Gasteiger partial charge >= 0.3 is 0 Å². The van der Waals surface area contributed by atoms with E-state index in [4.69, 9.17) is 4.74 Å². The van der Waals surface area contributed by atoms with Crippen molar-refractivity contribution in [2.24, 2.45) is 0 Å². The monoisotopic (exact) mass is 434 g/mol. The smallest absolute Gasteiger partial charge is 0.274 e. The van der Waals surface area contributed by atoms with Crippen molar-refractivity contribution < 1.29 is 22.3 Å². The zero-order chi connectivity index (χ0) is 20.9. The van der Waals surface area contributed by atoms with Crippen LogP contribution in [0.25, 0.3) is 11.3 Å². The second-order valence-corrected chi connectivity index (χ2v) is 9.88. The van der Waals surface area contributed by atoms with Crippen molar-refractivity contribution in [2.45, 2.75) is 29.5 Å². The fourth-order valence-corrected chi connectivity index (χ4v) is 6.10. The van der Waals surface area contributed by atoms with Crippen LogP contribution >= 0.6 is 0 Å². The number of hydrogen-bond donors (Lipinski definition) is 1. The number of fused-ring (bicyclic) bond motifs is 3. The molecule has 0 saturated carbocycles. The molecule has 0 spiro atoms. The minimum atomic E-state index is -3.79. The molecule has 2 saturated heterocycles. The second-order valence-electron chi connectivity index (χ2n) is 7.92. The molecule has 10 heteroatoms. The molecule has 3 aliphatic heterocycles. The van der Waals surface area contributed by atoms with E-state index in [0.29, 0.717) is 49.7 Å². The summed E-state index contributed by atoms with van der Waals surface area (Å²) < 4.78 is 46.9. The minimum absolute atomic E-state index is 0.00236. The van der Waals surface area contributed by atoms with Crippen LogP contribution in [0.4, 0.5) is 4.39 Å². The molecule has 0 radical (unpaired) electrons. The number of hydrogen-bond acceptors (Lipinski definition) is 6. The van der Waals surface area contributed by atoms with E-state index in [9.17, 15) is 17.6 Å². The van der Waals surface area contributed by atoms with Crippen LogP contribution in [-0.2, 0) is 20.3 Å². The zero-order valence-corrected chi connectivity index (χ0v) is 17.3. The first-order chi connectivity index (χ1) is 14.5. The number of halogens is 1. The van der Waals surface area contributed by atoms with E-state index < -0.39 is 15.7 Å². The second kappa shape index (κ2) is 7.44. The molecule has 30 heavy (non-hydrogen) atoms. The van der Waals surface area contributed by atoms with Gasteiger partial charge in [-0.2, -0.15) is 5.10 Å². The average Bonchev–Trinajstić information content (AvgIpc) is 3.13. The SMILES string of the molecule is O=C(c1nn([C@H]2CCCNC2)c2c1CS(=O)(=O)c1cc(F)ccc1-2)N1CCOCC1. The van der Waals surface area contributed by atoms with Gasteiger partial charge in [-0.05, 0) is 37.6 Å². The Kier molecular flexibility index (Phi) is 4.87. The predicted molar refractivity (Wildman–Crippen MR) is 106 cm³/mol. The number of morpholine rings is 1. The number of nitrogens with zero attached hydrogens (tertiary/aromatic N) is 3. The molecule has 1 atom stereocenters. The Balaban J connectivity index is 1.69. The van der Waals surface area contributed by atoms with Crippen molar-refractivity contribution in [3.05, 3.63) is 35.3 Å². The summed E-state index contributed by atoms with van der Waals surface area (Å²) in [6, 6.07) is 3.80. The Hall–Kier alpha value is -2.30. The van der Waals surface area contributed by atoms with Crippen molar-refractivity contribution in [1.82, 2.24) is 20.0 Å². The van der Waals surface area contributed by atoms with E-state index in [1.54, 1.807) is 9.58 Å². The van der Waals surface area contributed by atoms with E-state index in [-0.39, 0.29) is 28.3 Å². The van der Waals surface area contributed by atoms with Crippen LogP contribution in [0.3, 0.4) is 0 Å². The number of ether oxygens (including phenoxy) is 1. The van der Waals surface area contributed by atoms with Gasteiger partial charge in [0.2, 0.25) is 0 Å². The van der Waals surface area contributed by atoms with Crippen LogP contribution in [0.1, 0.15) is 34.9 Å². The summed E-state index contributed by atoms with van der Waals surface area (Å²) in [6.07, 6.45) is 1.83. The van der Waals surface area contributed by atoms with Crippen molar-refractivity contribution >= 4 is 15.7 Å². The lowest BCUT2D eigenvalue weighted by molar-refractivity contribution is 0.0297. The van der Waals surface area contributed by atoms with Crippen molar-refractivity contribution in [1.29, 1.82) is 0 Å². The number of carbonyl (C=O) groups is 1. The summed E-state index contributed by atoms with van der Waals surface area (Å²) >= 11 is 0. The molecule has 1 aromatic heterocycles. The molecule has 160 valence electrons. The van der Waals surface area contributed by atoms with Gasteiger partial charge in [-0.1, -0.05) is 0 Å². The number of sulfone groups is 1. The van der Waals surface area contributed by atoms with E-state index in [0.717, 1.165) is 25.5 Å². The topological polar surface area (TPSA) is 93.5 Å². The number of amides is 1. The van der Waals surface area contributed by atoms with Crippen molar-refractivity contribution in [3.63, 3.8) is 0 Å². The standard InChI is InChI=1S/C20H23FN4O4S/c21-13-3-4-15-17(10-13)30(27,28)12-16-18(20(26)24-6-8-29-9-7-24)23-25(19(15)16)14-2-1-5-22-11-14/h3-4,10,14,22H,1-2,5-9,11-12H2/t14-/m0/s1. The summed E-state index contributed by atoms with van der Waals surface area (Å²) in [7, 11) is -3.79. The number of benzene rings is 1. The van der Waals surface area contributed by atoms with E-state index >= 15 is 0 Å². The number of aromatic nitrogens is 2. The molecule has 2 fully saturated rings. The molecule has 5 rings (SSSR count). The quantitative estimate of drug-likeness (QED) is 0.768. The lowest BCUT2D eigenvalue weighted by atomic mass is 10.0. The maximum Gasteiger partial charge on any atom is 0.274 e. The molecule has 0 aliphatic carbocycles. The summed E-state index contributed by atoms with van der Waals surface area (Å²) in [5, 5.41) is 8.00. The molecular formula is C20H23FN4O4S. The van der Waals surface area contributed by atoms with Gasteiger partial charge in [-0.15, -0.1) is 0 Å². The fraction of sp³-hybridized carbons (Fsp3) is 0.500. The first-order valence-electron chi connectivity index (χ1n) is 10.2. The number of carbonyl (C=O) groups excluding carboxylic acids is 1. The van der Waals surface area contributed by atoms with Crippen LogP contribution in [0.2, 0.25) is 0 Å². The molecule has 0 bridgehead atoms. The molecule has 3 aliphatic rings. The summed E-state index contributed by atoms with van der Waals surface area (Å²) in [5.74, 6) is -1.24. The van der Waals surface area contributed by atoms with Gasteiger partial charge in [-0.3, -0.25) is 9.48 Å². The van der Waals surface area contributed by atoms with Crippen LogP contribution in [0.5, 0.6) is 0 Å². The molecular weight excluding hydrogens is 411 g/mol. The number of nitrogens with one attached hydrogen (secondary N) is 1. The highest BCUT2D eigenvalue weighted by Crippen LogP contribution is 2.41. The van der Waals surface area contributed by atoms with Gasteiger partial charge in [0.25, 0.3) is 5.91 Å². The van der Waals surface area contributed by atoms with Gasteiger partial charge in [0.05, 0.1) is 35.6 Å². The third-order valence-corrected chi connectivity index (χ3v) is 7.67. The first kappa shape index (κ1) is 19.7. The van der Waals surface area contributed by atoms with Crippen LogP contribution in [-0.4, -0.2) is 68.4 Å². The molecule has 0 unspecified atom stereocenters.